The maximum absolute atomic E-state index is 13.0. The van der Waals surface area contributed by atoms with Gasteiger partial charge in [-0.2, -0.15) is 4.98 Å². The lowest BCUT2D eigenvalue weighted by Gasteiger charge is -2.29. The molecule has 0 radical (unpaired) electrons. The lowest BCUT2D eigenvalue weighted by Crippen LogP contribution is -2.43. The molecule has 0 bridgehead atoms. The molecule has 0 unspecified atom stereocenters. The maximum atomic E-state index is 13.0. The highest BCUT2D eigenvalue weighted by atomic mass is 35.5. The zero-order chi connectivity index (χ0) is 30.3. The van der Waals surface area contributed by atoms with Crippen LogP contribution in [0, 0.1) is 6.92 Å². The summed E-state index contributed by atoms with van der Waals surface area (Å²) in [6.07, 6.45) is 1.52. The van der Waals surface area contributed by atoms with Crippen LogP contribution in [0.1, 0.15) is 61.4 Å². The Labute approximate surface area is 254 Å². The van der Waals surface area contributed by atoms with Gasteiger partial charge in [-0.15, -0.1) is 0 Å². The summed E-state index contributed by atoms with van der Waals surface area (Å²) in [6, 6.07) is 13.9. The van der Waals surface area contributed by atoms with Gasteiger partial charge in [-0.3, -0.25) is 4.79 Å². The molecule has 1 saturated heterocycles. The minimum absolute atomic E-state index is 0.141. The number of carbonyl (C=O) groups excluding carboxylic acids is 1. The Bertz CT molecular complexity index is 1770. The summed E-state index contributed by atoms with van der Waals surface area (Å²) in [5.41, 5.74) is 6.63. The third-order valence-electron chi connectivity index (χ3n) is 7.72. The summed E-state index contributed by atoms with van der Waals surface area (Å²) >= 11 is 6.51. The van der Waals surface area contributed by atoms with Crippen LogP contribution in [-0.2, 0) is 5.41 Å². The fourth-order valence-electron chi connectivity index (χ4n) is 5.23. The molecule has 1 atom stereocenters. The second-order valence-corrected chi connectivity index (χ2v) is 12.2. The number of nitrogens with zero attached hydrogens (tertiary/aromatic N) is 7. The van der Waals surface area contributed by atoms with Crippen LogP contribution in [0.2, 0.25) is 0 Å². The Hall–Kier alpha value is -4.35. The van der Waals surface area contributed by atoms with Crippen molar-refractivity contribution in [3.05, 3.63) is 71.6 Å². The molecule has 2 aromatic carbocycles. The van der Waals surface area contributed by atoms with Gasteiger partial charge in [0, 0.05) is 60.2 Å². The second kappa shape index (κ2) is 11.4. The first kappa shape index (κ1) is 28.8. The van der Waals surface area contributed by atoms with E-state index in [4.69, 9.17) is 21.3 Å². The number of imidazole rings is 1. The minimum Gasteiger partial charge on any atom is -0.369 e. The molecule has 3 aromatic heterocycles. The zero-order valence-electron chi connectivity index (χ0n) is 24.8. The van der Waals surface area contributed by atoms with E-state index < -0.39 is 11.9 Å². The largest absolute Gasteiger partial charge is 0.369 e. The first-order valence-electron chi connectivity index (χ1n) is 14.3. The quantitative estimate of drug-likeness (QED) is 0.245. The number of piperazine rings is 1. The number of aromatic amines is 1. The van der Waals surface area contributed by atoms with Crippen molar-refractivity contribution in [1.82, 2.24) is 39.8 Å². The molecule has 11 nitrogen and oxygen atoms in total. The highest BCUT2D eigenvalue weighted by Gasteiger charge is 2.30. The third kappa shape index (κ3) is 5.70. The summed E-state index contributed by atoms with van der Waals surface area (Å²) in [7, 11) is 0. The number of amides is 1. The average molecular weight is 600 g/mol. The van der Waals surface area contributed by atoms with Crippen molar-refractivity contribution in [2.24, 2.45) is 0 Å². The number of H-pyrrole nitrogens is 1. The molecule has 1 aliphatic heterocycles. The number of hydrogen-bond donors (Lipinski definition) is 2. The summed E-state index contributed by atoms with van der Waals surface area (Å²) in [6.45, 7) is 13.6. The molecule has 1 amide bonds. The second-order valence-electron chi connectivity index (χ2n) is 11.8. The van der Waals surface area contributed by atoms with Gasteiger partial charge in [0.1, 0.15) is 17.7 Å². The molecule has 2 N–H and O–H groups in total. The van der Waals surface area contributed by atoms with Crippen LogP contribution in [0.15, 0.2) is 53.3 Å². The van der Waals surface area contributed by atoms with E-state index in [-0.39, 0.29) is 11.3 Å². The molecule has 1 aliphatic rings. The molecule has 4 heterocycles. The molecule has 1 fully saturated rings. The van der Waals surface area contributed by atoms with Crippen molar-refractivity contribution in [1.29, 1.82) is 0 Å². The lowest BCUT2D eigenvalue weighted by molar-refractivity contribution is 0.0782. The lowest BCUT2D eigenvalue weighted by atomic mass is 9.96. The van der Waals surface area contributed by atoms with Crippen LogP contribution in [-0.4, -0.2) is 66.6 Å². The van der Waals surface area contributed by atoms with Gasteiger partial charge in [0.25, 0.3) is 0 Å². The maximum Gasteiger partial charge on any atom is 0.327 e. The molecular weight excluding hydrogens is 566 g/mol. The normalized spacial score (nSPS) is 14.7. The Morgan fingerprint density at radius 1 is 1.05 bits per heavy atom. The van der Waals surface area contributed by atoms with Crippen molar-refractivity contribution < 1.29 is 9.32 Å². The van der Waals surface area contributed by atoms with Crippen molar-refractivity contribution in [3.63, 3.8) is 0 Å². The minimum atomic E-state index is -0.552. The smallest absolute Gasteiger partial charge is 0.327 e. The number of carbonyl (C=O) groups is 1. The number of aryl methyl sites for hydroxylation is 1. The monoisotopic (exact) mass is 599 g/mol. The van der Waals surface area contributed by atoms with Crippen LogP contribution in [0.3, 0.4) is 0 Å². The van der Waals surface area contributed by atoms with E-state index in [1.807, 2.05) is 52.8 Å². The predicted octanol–water partition coefficient (Wildman–Crippen LogP) is 5.44. The summed E-state index contributed by atoms with van der Waals surface area (Å²) in [5.74, 6) is 0.485. The van der Waals surface area contributed by atoms with E-state index >= 15 is 0 Å². The first-order chi connectivity index (χ1) is 20.6. The van der Waals surface area contributed by atoms with Gasteiger partial charge in [-0.05, 0) is 55.3 Å². The van der Waals surface area contributed by atoms with E-state index in [9.17, 15) is 4.79 Å². The summed E-state index contributed by atoms with van der Waals surface area (Å²) < 4.78 is 6.31. The van der Waals surface area contributed by atoms with E-state index in [1.54, 1.807) is 0 Å². The average Bonchev–Trinajstić information content (AvgIpc) is 3.69. The number of halogens is 1. The van der Waals surface area contributed by atoms with Crippen LogP contribution in [0.25, 0.3) is 33.8 Å². The molecular formula is C31H34ClN9O2. The van der Waals surface area contributed by atoms with Gasteiger partial charge in [0.2, 0.25) is 0 Å². The van der Waals surface area contributed by atoms with Gasteiger partial charge in [0.05, 0.1) is 11.7 Å². The highest BCUT2D eigenvalue weighted by molar-refractivity contribution is 6.23. The Morgan fingerprint density at radius 2 is 1.77 bits per heavy atom. The summed E-state index contributed by atoms with van der Waals surface area (Å²) in [4.78, 5) is 36.9. The molecule has 0 saturated carbocycles. The van der Waals surface area contributed by atoms with Crippen LogP contribution in [0.4, 0.5) is 5.69 Å². The Kier molecular flexibility index (Phi) is 7.61. The van der Waals surface area contributed by atoms with Gasteiger partial charge in [-0.25, -0.2) is 19.4 Å². The SMILES string of the molecule is Cc1cc(-c2ncnc3nc(-c4ccc(N5CCNCC5)cc4)[nH]c23)ccc1[C@@H](C)N(Cl)C(=O)c1nc(C(C)(C)C)no1. The topological polar surface area (TPSA) is 129 Å². The molecule has 0 spiro atoms. The predicted molar refractivity (Wildman–Crippen MR) is 166 cm³/mol. The van der Waals surface area contributed by atoms with Crippen LogP contribution >= 0.6 is 11.8 Å². The van der Waals surface area contributed by atoms with Crippen LogP contribution in [0.5, 0.6) is 0 Å². The number of anilines is 1. The van der Waals surface area contributed by atoms with E-state index in [0.717, 1.165) is 69.9 Å². The van der Waals surface area contributed by atoms with Crippen LogP contribution < -0.4 is 10.2 Å². The van der Waals surface area contributed by atoms with Crippen molar-refractivity contribution in [3.8, 4) is 22.6 Å². The fraction of sp³-hybridized carbons (Fsp3) is 0.355. The number of fused-ring (bicyclic) bond motifs is 1. The highest BCUT2D eigenvalue weighted by Crippen LogP contribution is 2.33. The number of aromatic nitrogens is 6. The van der Waals surface area contributed by atoms with Crippen molar-refractivity contribution in [2.45, 2.75) is 46.1 Å². The molecule has 6 rings (SSSR count). The van der Waals surface area contributed by atoms with Crippen molar-refractivity contribution >= 4 is 34.5 Å². The standard InChI is InChI=1S/C31H34ClN9O2/c1-18-16-21(8-11-23(18)19(2)41(32)29(42)28-38-30(39-43-28)31(3,4)5)24-25-27(35-17-34-24)37-26(36-25)20-6-9-22(10-7-20)40-14-12-33-13-15-40/h6-11,16-17,19,33H,12-15H2,1-5H3,(H,34,35,36,37)/t19-/m1/s1. The Morgan fingerprint density at radius 3 is 2.44 bits per heavy atom. The van der Waals surface area contributed by atoms with Gasteiger partial charge in [0.15, 0.2) is 11.5 Å². The van der Waals surface area contributed by atoms with Crippen molar-refractivity contribution in [2.75, 3.05) is 31.1 Å². The number of hydrogen-bond acceptors (Lipinski definition) is 9. The summed E-state index contributed by atoms with van der Waals surface area (Å²) in [5, 5.41) is 7.33. The van der Waals surface area contributed by atoms with Gasteiger partial charge >= 0.3 is 11.8 Å². The first-order valence-corrected chi connectivity index (χ1v) is 14.6. The van der Waals surface area contributed by atoms with Gasteiger partial charge in [-0.1, -0.05) is 38.1 Å². The zero-order valence-corrected chi connectivity index (χ0v) is 25.6. The van der Waals surface area contributed by atoms with Gasteiger partial charge < -0.3 is 19.7 Å². The molecule has 12 heteroatoms. The van der Waals surface area contributed by atoms with E-state index in [1.165, 1.54) is 12.0 Å². The fourth-order valence-corrected chi connectivity index (χ4v) is 5.41. The molecule has 222 valence electrons. The molecule has 43 heavy (non-hydrogen) atoms. The Balaban J connectivity index is 1.23. The third-order valence-corrected chi connectivity index (χ3v) is 8.16. The number of benzene rings is 2. The number of rotatable bonds is 6. The molecule has 5 aromatic rings. The van der Waals surface area contributed by atoms with E-state index in [0.29, 0.717) is 11.5 Å². The molecule has 0 aliphatic carbocycles. The van der Waals surface area contributed by atoms with E-state index in [2.05, 4.69) is 59.6 Å². The number of nitrogens with one attached hydrogen (secondary N) is 2.